The number of nitrogens with zero attached hydrogens (tertiary/aromatic N) is 3. The van der Waals surface area contributed by atoms with Gasteiger partial charge in [0.1, 0.15) is 6.26 Å². The maximum absolute atomic E-state index is 12.0. The zero-order valence-corrected chi connectivity index (χ0v) is 21.2. The molecule has 0 radical (unpaired) electrons. The number of benzene rings is 2. The Bertz CT molecular complexity index is 1030. The molecule has 8 heteroatoms. The van der Waals surface area contributed by atoms with E-state index >= 15 is 0 Å². The quantitative estimate of drug-likeness (QED) is 0.263. The summed E-state index contributed by atoms with van der Waals surface area (Å²) in [6.07, 6.45) is 1.66. The largest absolute Gasteiger partial charge is 0.444 e. The highest BCUT2D eigenvalue weighted by atomic mass is 127. The third-order valence-electron chi connectivity index (χ3n) is 4.66. The Morgan fingerprint density at radius 3 is 2.38 bits per heavy atom. The molecule has 1 amide bonds. The average Bonchev–Trinajstić information content (AvgIpc) is 3.25. The lowest BCUT2D eigenvalue weighted by molar-refractivity contribution is 0.0827. The second-order valence-corrected chi connectivity index (χ2v) is 7.46. The summed E-state index contributed by atoms with van der Waals surface area (Å²) in [6, 6.07) is 15.6. The lowest BCUT2D eigenvalue weighted by Gasteiger charge is -2.11. The lowest BCUT2D eigenvalue weighted by atomic mass is 10.1. The molecule has 0 unspecified atom stereocenters. The van der Waals surface area contributed by atoms with Crippen LogP contribution in [0, 0.1) is 6.92 Å². The number of amides is 1. The number of guanidine groups is 1. The van der Waals surface area contributed by atoms with Crippen molar-refractivity contribution in [2.75, 3.05) is 20.6 Å². The van der Waals surface area contributed by atoms with E-state index in [2.05, 4.69) is 20.6 Å². The van der Waals surface area contributed by atoms with Crippen molar-refractivity contribution in [3.8, 4) is 11.5 Å². The number of hydrogen-bond donors (Lipinski definition) is 2. The first-order valence-electron chi connectivity index (χ1n) is 10.3. The number of aromatic nitrogens is 1. The van der Waals surface area contributed by atoms with E-state index in [0.29, 0.717) is 30.5 Å². The Morgan fingerprint density at radius 2 is 1.75 bits per heavy atom. The summed E-state index contributed by atoms with van der Waals surface area (Å²) in [7, 11) is 3.49. The Labute approximate surface area is 206 Å². The first-order valence-corrected chi connectivity index (χ1v) is 10.3. The van der Waals surface area contributed by atoms with Gasteiger partial charge in [0, 0.05) is 31.8 Å². The van der Waals surface area contributed by atoms with E-state index in [1.54, 1.807) is 25.3 Å². The van der Waals surface area contributed by atoms with Crippen LogP contribution in [0.5, 0.6) is 0 Å². The molecule has 2 aromatic carbocycles. The molecule has 0 saturated heterocycles. The van der Waals surface area contributed by atoms with E-state index in [-0.39, 0.29) is 29.9 Å². The highest BCUT2D eigenvalue weighted by Gasteiger charge is 2.09. The first-order chi connectivity index (χ1) is 15.0. The van der Waals surface area contributed by atoms with Crippen LogP contribution in [-0.4, -0.2) is 42.4 Å². The van der Waals surface area contributed by atoms with Crippen LogP contribution in [0.2, 0.25) is 0 Å². The molecule has 0 bridgehead atoms. The Hall–Kier alpha value is -2.88. The van der Waals surface area contributed by atoms with E-state index < -0.39 is 0 Å². The van der Waals surface area contributed by atoms with Gasteiger partial charge in [0.25, 0.3) is 5.91 Å². The second-order valence-electron chi connectivity index (χ2n) is 7.46. The number of aliphatic imine (C=N–C) groups is 1. The molecule has 32 heavy (non-hydrogen) atoms. The van der Waals surface area contributed by atoms with Gasteiger partial charge in [-0.25, -0.2) is 9.98 Å². The first kappa shape index (κ1) is 25.4. The van der Waals surface area contributed by atoms with Crippen molar-refractivity contribution in [1.82, 2.24) is 20.5 Å². The van der Waals surface area contributed by atoms with Crippen LogP contribution in [-0.2, 0) is 13.1 Å². The maximum Gasteiger partial charge on any atom is 0.253 e. The molecular formula is C24H30IN5O2. The summed E-state index contributed by atoms with van der Waals surface area (Å²) >= 11 is 0. The van der Waals surface area contributed by atoms with E-state index in [1.165, 1.54) is 5.56 Å². The topological polar surface area (TPSA) is 82.8 Å². The molecule has 1 heterocycles. The van der Waals surface area contributed by atoms with Crippen LogP contribution < -0.4 is 10.6 Å². The average molecular weight is 547 g/mol. The van der Waals surface area contributed by atoms with Gasteiger partial charge in [0.2, 0.25) is 5.89 Å². The summed E-state index contributed by atoms with van der Waals surface area (Å²) < 4.78 is 5.62. The predicted octanol–water partition coefficient (Wildman–Crippen LogP) is 4.23. The van der Waals surface area contributed by atoms with E-state index in [1.807, 2.05) is 62.4 Å². The fourth-order valence-electron chi connectivity index (χ4n) is 2.91. The van der Waals surface area contributed by atoms with Crippen molar-refractivity contribution in [2.45, 2.75) is 26.9 Å². The molecule has 0 fully saturated rings. The van der Waals surface area contributed by atoms with Gasteiger partial charge in [-0.3, -0.25) is 4.79 Å². The highest BCUT2D eigenvalue weighted by Crippen LogP contribution is 2.19. The van der Waals surface area contributed by atoms with E-state index in [0.717, 1.165) is 23.4 Å². The molecule has 3 rings (SSSR count). The number of halogens is 1. The number of rotatable bonds is 7. The Balaban J connectivity index is 0.00000363. The van der Waals surface area contributed by atoms with Crippen LogP contribution in [0.25, 0.3) is 11.5 Å². The standard InChI is InChI=1S/C24H29N5O2.HI/c1-5-25-24(26-14-18-8-12-20(13-9-18)23(30)29(3)4)27-15-21-16-31-22(28-21)19-10-6-17(2)7-11-19;/h6-13,16H,5,14-15H2,1-4H3,(H2,25,26,27);1H. The SMILES string of the molecule is CCNC(=NCc1ccc(C(=O)N(C)C)cc1)NCc1coc(-c2ccc(C)cc2)n1.I. The summed E-state index contributed by atoms with van der Waals surface area (Å²) in [4.78, 5) is 22.7. The summed E-state index contributed by atoms with van der Waals surface area (Å²) in [5.41, 5.74) is 4.64. The zero-order valence-electron chi connectivity index (χ0n) is 18.9. The normalized spacial score (nSPS) is 10.9. The van der Waals surface area contributed by atoms with E-state index in [9.17, 15) is 4.79 Å². The van der Waals surface area contributed by atoms with Gasteiger partial charge in [-0.05, 0) is 43.7 Å². The smallest absolute Gasteiger partial charge is 0.253 e. The van der Waals surface area contributed by atoms with Crippen LogP contribution >= 0.6 is 24.0 Å². The lowest BCUT2D eigenvalue weighted by Crippen LogP contribution is -2.36. The molecular weight excluding hydrogens is 517 g/mol. The molecule has 2 N–H and O–H groups in total. The van der Waals surface area contributed by atoms with Crippen molar-refractivity contribution in [2.24, 2.45) is 4.99 Å². The number of hydrogen-bond acceptors (Lipinski definition) is 4. The van der Waals surface area contributed by atoms with E-state index in [4.69, 9.17) is 4.42 Å². The van der Waals surface area contributed by atoms with Gasteiger partial charge >= 0.3 is 0 Å². The molecule has 0 aliphatic carbocycles. The van der Waals surface area contributed by atoms with Gasteiger partial charge in [-0.1, -0.05) is 29.8 Å². The number of carbonyl (C=O) groups is 1. The van der Waals surface area contributed by atoms with Gasteiger partial charge in [-0.15, -0.1) is 24.0 Å². The second kappa shape index (κ2) is 12.2. The summed E-state index contributed by atoms with van der Waals surface area (Å²) in [5.74, 6) is 1.28. The van der Waals surface area contributed by atoms with Crippen LogP contribution in [0.4, 0.5) is 0 Å². The third kappa shape index (κ3) is 7.08. The van der Waals surface area contributed by atoms with Crippen LogP contribution in [0.3, 0.4) is 0 Å². The van der Waals surface area contributed by atoms with Crippen LogP contribution in [0.1, 0.15) is 34.1 Å². The molecule has 0 aliphatic rings. The van der Waals surface area contributed by atoms with Crippen molar-refractivity contribution in [3.05, 3.63) is 77.2 Å². The maximum atomic E-state index is 12.0. The molecule has 3 aromatic rings. The minimum absolute atomic E-state index is 0. The monoisotopic (exact) mass is 547 g/mol. The van der Waals surface area contributed by atoms with Gasteiger partial charge in [0.15, 0.2) is 5.96 Å². The van der Waals surface area contributed by atoms with Gasteiger partial charge in [0.05, 0.1) is 18.8 Å². The number of oxazole rings is 1. The molecule has 170 valence electrons. The molecule has 0 atom stereocenters. The van der Waals surface area contributed by atoms with Gasteiger partial charge in [-0.2, -0.15) is 0 Å². The van der Waals surface area contributed by atoms with Crippen molar-refractivity contribution >= 4 is 35.8 Å². The third-order valence-corrected chi connectivity index (χ3v) is 4.66. The fraction of sp³-hybridized carbons (Fsp3) is 0.292. The minimum atomic E-state index is -0.0114. The Kier molecular flexibility index (Phi) is 9.70. The number of carbonyl (C=O) groups excluding carboxylic acids is 1. The molecule has 0 saturated carbocycles. The molecule has 1 aromatic heterocycles. The summed E-state index contributed by atoms with van der Waals surface area (Å²) in [6.45, 7) is 5.81. The fourth-order valence-corrected chi connectivity index (χ4v) is 2.91. The van der Waals surface area contributed by atoms with Gasteiger partial charge < -0.3 is 20.0 Å². The number of aryl methyl sites for hydroxylation is 1. The molecule has 0 aliphatic heterocycles. The van der Waals surface area contributed by atoms with Crippen LogP contribution in [0.15, 0.2) is 64.2 Å². The number of nitrogens with one attached hydrogen (secondary N) is 2. The highest BCUT2D eigenvalue weighted by molar-refractivity contribution is 14.0. The minimum Gasteiger partial charge on any atom is -0.444 e. The van der Waals surface area contributed by atoms with Crippen molar-refractivity contribution in [1.29, 1.82) is 0 Å². The predicted molar refractivity (Wildman–Crippen MR) is 138 cm³/mol. The van der Waals surface area contributed by atoms with Crippen molar-refractivity contribution < 1.29 is 9.21 Å². The zero-order chi connectivity index (χ0) is 22.2. The Morgan fingerprint density at radius 1 is 1.06 bits per heavy atom. The summed E-state index contributed by atoms with van der Waals surface area (Å²) in [5, 5.41) is 6.51. The molecule has 0 spiro atoms. The molecule has 7 nitrogen and oxygen atoms in total. The van der Waals surface area contributed by atoms with Crippen molar-refractivity contribution in [3.63, 3.8) is 0 Å².